The fourth-order valence-electron chi connectivity index (χ4n) is 9.24. The number of thioether (sulfide) groups is 1. The lowest BCUT2D eigenvalue weighted by Crippen LogP contribution is -2.25. The van der Waals surface area contributed by atoms with Crippen LogP contribution in [0.15, 0.2) is 109 Å². The molecule has 18 N–H and O–H groups in total. The Hall–Kier alpha value is -8.56. The molecule has 12 rings (SSSR count). The maximum atomic E-state index is 10.1. The van der Waals surface area contributed by atoms with Crippen molar-refractivity contribution >= 4 is 97.2 Å². The van der Waals surface area contributed by atoms with Gasteiger partial charge in [0.1, 0.15) is 72.8 Å². The van der Waals surface area contributed by atoms with E-state index in [-0.39, 0.29) is 65.7 Å². The van der Waals surface area contributed by atoms with Crippen molar-refractivity contribution in [1.82, 2.24) is 78.1 Å². The molecule has 4 aliphatic rings. The third-order valence-corrected chi connectivity index (χ3v) is 15.1. The van der Waals surface area contributed by atoms with Crippen LogP contribution < -0.4 is 28.4 Å². The van der Waals surface area contributed by atoms with Crippen LogP contribution in [0.4, 0.5) is 29.2 Å². The summed E-state index contributed by atoms with van der Waals surface area (Å²) in [5.74, 6) is 0.926. The van der Waals surface area contributed by atoms with Crippen molar-refractivity contribution in [2.75, 3.05) is 54.8 Å². The van der Waals surface area contributed by atoms with E-state index in [0.717, 1.165) is 0 Å². The summed E-state index contributed by atoms with van der Waals surface area (Å²) in [5.41, 5.74) is 40.6. The monoisotopic (exact) mass is 1180 g/mol. The number of nitrogens with two attached hydrogens (primary N) is 4. The third-order valence-electron chi connectivity index (χ3n) is 13.3. The van der Waals surface area contributed by atoms with E-state index in [2.05, 4.69) is 109 Å². The van der Waals surface area contributed by atoms with E-state index in [4.69, 9.17) is 54.0 Å². The minimum absolute atomic E-state index is 0.0701. The van der Waals surface area contributed by atoms with Crippen molar-refractivity contribution in [2.24, 2.45) is 0 Å². The van der Waals surface area contributed by atoms with Crippen molar-refractivity contribution in [3.63, 3.8) is 0 Å². The topological polar surface area (TPSA) is 500 Å². The lowest BCUT2D eigenvalue weighted by Gasteiger charge is -2.15. The molecule has 0 radical (unpaired) electrons. The number of nitrogen functional groups attached to an aromatic ring is 4. The maximum absolute atomic E-state index is 10.1. The molecule has 12 heterocycles. The highest BCUT2D eigenvalue weighted by molar-refractivity contribution is 8.00. The highest BCUT2D eigenvalue weighted by Gasteiger charge is 2.44. The van der Waals surface area contributed by atoms with E-state index in [1.165, 1.54) is 52.5 Å². The highest BCUT2D eigenvalue weighted by Crippen LogP contribution is 2.46. The molecule has 8 aromatic rings. The number of aliphatic hydroxyl groups excluding tert-OH is 8. The number of anilines is 5. The Bertz CT molecular complexity index is 3820. The van der Waals surface area contributed by atoms with Crippen molar-refractivity contribution in [3.05, 3.63) is 115 Å². The first-order chi connectivity index (χ1) is 40.0. The summed E-state index contributed by atoms with van der Waals surface area (Å²) in [6.45, 7) is 13.0. The summed E-state index contributed by atoms with van der Waals surface area (Å²) in [6.07, 6.45) is -0.383. The second-order valence-electron chi connectivity index (χ2n) is 17.8. The second-order valence-corrected chi connectivity index (χ2v) is 19.5. The summed E-state index contributed by atoms with van der Waals surface area (Å²) in [7, 11) is 0. The van der Waals surface area contributed by atoms with Gasteiger partial charge in [-0.15, -0.1) is 34.7 Å². The van der Waals surface area contributed by atoms with Gasteiger partial charge in [0, 0.05) is 5.57 Å². The molecule has 4 fully saturated rings. The van der Waals surface area contributed by atoms with E-state index in [0.29, 0.717) is 72.8 Å². The van der Waals surface area contributed by atoms with Crippen molar-refractivity contribution < 1.29 is 60.3 Å². The number of halogens is 1. The summed E-state index contributed by atoms with van der Waals surface area (Å²) in [5, 5.41) is 85.8. The number of aliphatic hydroxyl groups is 8. The van der Waals surface area contributed by atoms with E-state index in [1.807, 2.05) is 5.48 Å². The van der Waals surface area contributed by atoms with Crippen LogP contribution in [0.3, 0.4) is 0 Å². The Morgan fingerprint density at radius 2 is 0.952 bits per heavy atom. The molecule has 0 bridgehead atoms. The molecule has 4 aliphatic heterocycles. The van der Waals surface area contributed by atoms with Gasteiger partial charge in [0.2, 0.25) is 11.2 Å². The second kappa shape index (κ2) is 24.9. The molecular formula is C48H52ClN21O12S. The first-order valence-electron chi connectivity index (χ1n) is 24.3. The Morgan fingerprint density at radius 3 is 1.47 bits per heavy atom. The molecule has 0 aromatic carbocycles. The molecule has 12 atom stereocenters. The molecule has 0 aliphatic carbocycles. The van der Waals surface area contributed by atoms with Crippen LogP contribution in [0.2, 0.25) is 5.28 Å². The molecule has 0 unspecified atom stereocenters. The molecule has 0 saturated carbocycles. The average molecular weight is 1180 g/mol. The molecular weight excluding hydrogens is 1130 g/mol. The smallest absolute Gasteiger partial charge is 0.207 e. The van der Waals surface area contributed by atoms with Crippen LogP contribution in [0.25, 0.3) is 44.7 Å². The third kappa shape index (κ3) is 10.7. The Kier molecular flexibility index (Phi) is 17.7. The molecule has 83 heavy (non-hydrogen) atoms. The van der Waals surface area contributed by atoms with Crippen LogP contribution in [-0.4, -0.2) is 199 Å². The molecule has 8 aromatic heterocycles. The predicted octanol–water partition coefficient (Wildman–Crippen LogP) is -1.35. The number of imidazole rings is 4. The van der Waals surface area contributed by atoms with E-state index >= 15 is 0 Å². The highest BCUT2D eigenvalue weighted by atomic mass is 35.5. The summed E-state index contributed by atoms with van der Waals surface area (Å²) in [4.78, 5) is 48.4. The van der Waals surface area contributed by atoms with Crippen LogP contribution in [0.1, 0.15) is 24.1 Å². The van der Waals surface area contributed by atoms with Crippen molar-refractivity contribution in [2.45, 2.75) is 72.0 Å². The van der Waals surface area contributed by atoms with Gasteiger partial charge in [0.05, 0.1) is 67.2 Å². The zero-order valence-corrected chi connectivity index (χ0v) is 44.6. The predicted molar refractivity (Wildman–Crippen MR) is 294 cm³/mol. The minimum Gasteiger partial charge on any atom is -0.395 e. The van der Waals surface area contributed by atoms with Gasteiger partial charge >= 0.3 is 0 Å². The van der Waals surface area contributed by atoms with Gasteiger partial charge in [-0.3, -0.25) is 29.0 Å². The van der Waals surface area contributed by atoms with Crippen LogP contribution in [0.5, 0.6) is 0 Å². The lowest BCUT2D eigenvalue weighted by molar-refractivity contribution is -0.0422. The van der Waals surface area contributed by atoms with E-state index in [1.54, 1.807) is 15.5 Å². The molecule has 35 heteroatoms. The first-order valence-corrected chi connectivity index (χ1v) is 25.6. The Morgan fingerprint density at radius 1 is 0.518 bits per heavy atom. The average Bonchev–Trinajstić information content (AvgIpc) is 4.55. The molecule has 0 amide bonds. The SMILES string of the molecule is C=C=C1[C@H](n2c(Cl)nc3c(N)ncnc32)O[C@H](CO)[C@H]1O.C=C=C1[C@H](n2c(N)nc3c(N)ncnc32)O[C@H](CO)[C@H]1O.C=C=C1[C@H](n2cnc3c(N)ncnc32)S[C@H](CO)[C@H]1O.C=C=C1[C@H](n2cnc3c(NO)ncnc32)O[C@H](CO)[C@H]1O. The van der Waals surface area contributed by atoms with E-state index < -0.39 is 61.4 Å². The quantitative estimate of drug-likeness (QED) is 0.0451. The van der Waals surface area contributed by atoms with Gasteiger partial charge in [0.25, 0.3) is 0 Å². The number of rotatable bonds is 9. The van der Waals surface area contributed by atoms with Crippen LogP contribution in [-0.2, 0) is 14.2 Å². The number of nitrogens with zero attached hydrogens (tertiary/aromatic N) is 16. The fourth-order valence-corrected chi connectivity index (χ4v) is 10.9. The van der Waals surface area contributed by atoms with Gasteiger partial charge in [-0.25, -0.2) is 59.8 Å². The van der Waals surface area contributed by atoms with Gasteiger partial charge in [-0.05, 0) is 11.6 Å². The Balaban J connectivity index is 0.000000133. The van der Waals surface area contributed by atoms with Gasteiger partial charge in [-0.1, -0.05) is 26.3 Å². The van der Waals surface area contributed by atoms with Crippen molar-refractivity contribution in [3.8, 4) is 0 Å². The van der Waals surface area contributed by atoms with Crippen molar-refractivity contribution in [1.29, 1.82) is 0 Å². The van der Waals surface area contributed by atoms with E-state index in [9.17, 15) is 40.9 Å². The standard InChI is InChI=1S/C12H12ClN5O3.C12H14N6O3.C12H13N5O4.C12H13N5O2S/c1-2-5-8(20)6(3-19)21-11(5)18-10-7(17-12(18)13)9(14)15-4-16-10;1-2-5-8(20)6(3-19)21-11(5)18-10-7(17-12(18)14)9(13)15-4-16-10;1-2-6-9(19)7(3-18)21-12(6)17-5-15-8-10(16-20)13-4-14-11(8)17;1-2-6-9(19)7(3-18)20-12(6)17-5-16-8-10(13)14-4-15-11(8)17/h4,6,8,11,19-20H,1,3H2,(H2,14,15,16);4,6,8,11,19-20H,1,3H2,(H2,14,17)(H2,13,15,16);4-5,7,9,12,18-20H,1,3H2,(H,13,14,16);4-5,7,9,12,18-19H,1,3H2,(H2,13,14,15)/t2*6-,8+,11-;2*7-,9+,12-/m1111/s1. The van der Waals surface area contributed by atoms with Gasteiger partial charge in [0.15, 0.2) is 81.1 Å². The lowest BCUT2D eigenvalue weighted by atomic mass is 10.1. The molecule has 434 valence electrons. The minimum atomic E-state index is -1.04. The summed E-state index contributed by atoms with van der Waals surface area (Å²) in [6, 6.07) is 0. The maximum Gasteiger partial charge on any atom is 0.207 e. The number of nitrogens with one attached hydrogen (secondary N) is 1. The number of aromatic nitrogens is 16. The normalized spacial score (nSPS) is 25.6. The van der Waals surface area contributed by atoms with Crippen LogP contribution >= 0.6 is 23.4 Å². The summed E-state index contributed by atoms with van der Waals surface area (Å²) < 4.78 is 23.0. The Labute approximate surface area is 475 Å². The first kappa shape index (κ1) is 59.1. The number of fused-ring (bicyclic) bond motifs is 4. The van der Waals surface area contributed by atoms with Gasteiger partial charge < -0.3 is 78.0 Å². The molecule has 4 saturated heterocycles. The number of ether oxygens (including phenoxy) is 3. The van der Waals surface area contributed by atoms with Crippen LogP contribution in [0, 0.1) is 0 Å². The number of hydrogen-bond donors (Lipinski definition) is 14. The molecule has 33 nitrogen and oxygen atoms in total. The largest absolute Gasteiger partial charge is 0.395 e. The summed E-state index contributed by atoms with van der Waals surface area (Å²) >= 11 is 7.54. The number of hydrogen-bond acceptors (Lipinski definition) is 30. The zero-order valence-electron chi connectivity index (χ0n) is 43.0. The van der Waals surface area contributed by atoms with Gasteiger partial charge in [-0.2, -0.15) is 0 Å². The zero-order chi connectivity index (χ0) is 59.6. The molecule has 0 spiro atoms. The fraction of sp³-hybridized carbons (Fsp3) is 0.333.